The van der Waals surface area contributed by atoms with Crippen LogP contribution in [0, 0.1) is 0 Å². The number of hydrogen-bond acceptors (Lipinski definition) is 4. The van der Waals surface area contributed by atoms with Crippen molar-refractivity contribution in [2.45, 2.75) is 0 Å². The van der Waals surface area contributed by atoms with Crippen molar-refractivity contribution < 1.29 is 5.11 Å². The lowest BCUT2D eigenvalue weighted by Crippen LogP contribution is -1.91. The summed E-state index contributed by atoms with van der Waals surface area (Å²) in [6.45, 7) is 0. The number of hydrogen-bond donors (Lipinski definition) is 2. The van der Waals surface area contributed by atoms with Gasteiger partial charge in [-0.05, 0) is 24.3 Å². The van der Waals surface area contributed by atoms with E-state index in [1.54, 1.807) is 36.7 Å². The van der Waals surface area contributed by atoms with Crippen LogP contribution in [0.2, 0.25) is 0 Å². The van der Waals surface area contributed by atoms with E-state index < -0.39 is 0 Å². The summed E-state index contributed by atoms with van der Waals surface area (Å²) in [6.07, 6.45) is 3.10. The van der Waals surface area contributed by atoms with Gasteiger partial charge in [0.2, 0.25) is 0 Å². The number of rotatable bonds is 1. The molecule has 4 heteroatoms. The van der Waals surface area contributed by atoms with E-state index in [1.807, 2.05) is 0 Å². The Morgan fingerprint density at radius 3 is 2.14 bits per heavy atom. The molecule has 2 aromatic rings. The number of phenolic OH excluding ortho intramolecular Hbond substituents is 1. The van der Waals surface area contributed by atoms with Crippen LogP contribution in [-0.4, -0.2) is 15.1 Å². The van der Waals surface area contributed by atoms with Gasteiger partial charge < -0.3 is 10.8 Å². The molecule has 0 spiro atoms. The third kappa shape index (κ3) is 1.64. The highest BCUT2D eigenvalue weighted by atomic mass is 16.3. The molecule has 1 heterocycles. The summed E-state index contributed by atoms with van der Waals surface area (Å²) in [5.41, 5.74) is 6.85. The summed E-state index contributed by atoms with van der Waals surface area (Å²) in [5.74, 6) is 0.823. The van der Waals surface area contributed by atoms with Crippen LogP contribution in [-0.2, 0) is 0 Å². The molecule has 0 atom stereocenters. The minimum atomic E-state index is 0.226. The first kappa shape index (κ1) is 8.50. The van der Waals surface area contributed by atoms with Crippen LogP contribution < -0.4 is 5.73 Å². The third-order valence-electron chi connectivity index (χ3n) is 1.80. The van der Waals surface area contributed by atoms with Crippen LogP contribution in [0.3, 0.4) is 0 Å². The molecule has 1 aromatic heterocycles. The lowest BCUT2D eigenvalue weighted by molar-refractivity contribution is 0.475. The summed E-state index contributed by atoms with van der Waals surface area (Å²) in [4.78, 5) is 8.12. The molecule has 1 aromatic carbocycles. The quantitative estimate of drug-likeness (QED) is 0.708. The maximum Gasteiger partial charge on any atom is 0.159 e. The topological polar surface area (TPSA) is 72.0 Å². The SMILES string of the molecule is Nc1cnc(-c2ccc(O)cc2)nc1. The number of aromatic nitrogens is 2. The first-order valence-electron chi connectivity index (χ1n) is 4.12. The lowest BCUT2D eigenvalue weighted by atomic mass is 10.2. The summed E-state index contributed by atoms with van der Waals surface area (Å²) >= 11 is 0. The highest BCUT2D eigenvalue weighted by molar-refractivity contribution is 5.56. The van der Waals surface area contributed by atoms with E-state index in [-0.39, 0.29) is 5.75 Å². The van der Waals surface area contributed by atoms with Crippen molar-refractivity contribution in [2.24, 2.45) is 0 Å². The fraction of sp³-hybridized carbons (Fsp3) is 0. The Balaban J connectivity index is 2.40. The van der Waals surface area contributed by atoms with Crippen molar-refractivity contribution >= 4 is 5.69 Å². The highest BCUT2D eigenvalue weighted by Crippen LogP contribution is 2.17. The fourth-order valence-corrected chi connectivity index (χ4v) is 1.10. The Kier molecular flexibility index (Phi) is 2.02. The molecule has 3 N–H and O–H groups in total. The van der Waals surface area contributed by atoms with E-state index >= 15 is 0 Å². The predicted molar refractivity (Wildman–Crippen MR) is 53.5 cm³/mol. The van der Waals surface area contributed by atoms with E-state index in [4.69, 9.17) is 10.8 Å². The van der Waals surface area contributed by atoms with Crippen LogP contribution in [0.25, 0.3) is 11.4 Å². The van der Waals surface area contributed by atoms with E-state index in [1.165, 1.54) is 0 Å². The molecule has 70 valence electrons. The van der Waals surface area contributed by atoms with Gasteiger partial charge in [-0.1, -0.05) is 0 Å². The smallest absolute Gasteiger partial charge is 0.159 e. The Morgan fingerprint density at radius 1 is 1.00 bits per heavy atom. The number of nitrogens with zero attached hydrogens (tertiary/aromatic N) is 2. The van der Waals surface area contributed by atoms with Crippen molar-refractivity contribution in [3.8, 4) is 17.1 Å². The molecule has 0 aliphatic heterocycles. The van der Waals surface area contributed by atoms with Crippen molar-refractivity contribution in [1.82, 2.24) is 9.97 Å². The molecular weight excluding hydrogens is 178 g/mol. The Hall–Kier alpha value is -2.10. The van der Waals surface area contributed by atoms with Crippen LogP contribution in [0.4, 0.5) is 5.69 Å². The molecule has 0 fully saturated rings. The Morgan fingerprint density at radius 2 is 1.57 bits per heavy atom. The summed E-state index contributed by atoms with van der Waals surface area (Å²) in [5, 5.41) is 9.09. The van der Waals surface area contributed by atoms with Crippen molar-refractivity contribution in [1.29, 1.82) is 0 Å². The van der Waals surface area contributed by atoms with Crippen LogP contribution in [0.1, 0.15) is 0 Å². The number of nitrogens with two attached hydrogens (primary N) is 1. The molecule has 0 aliphatic carbocycles. The minimum absolute atomic E-state index is 0.226. The number of benzene rings is 1. The van der Waals surface area contributed by atoms with Gasteiger partial charge in [0.1, 0.15) is 5.75 Å². The zero-order chi connectivity index (χ0) is 9.97. The molecule has 14 heavy (non-hydrogen) atoms. The second kappa shape index (κ2) is 3.33. The minimum Gasteiger partial charge on any atom is -0.508 e. The van der Waals surface area contributed by atoms with E-state index in [0.29, 0.717) is 11.5 Å². The van der Waals surface area contributed by atoms with Gasteiger partial charge >= 0.3 is 0 Å². The van der Waals surface area contributed by atoms with Gasteiger partial charge in [0.15, 0.2) is 5.82 Å². The standard InChI is InChI=1S/C10H9N3O/c11-8-5-12-10(13-6-8)7-1-3-9(14)4-2-7/h1-6,14H,11H2. The first-order valence-corrected chi connectivity index (χ1v) is 4.12. The number of anilines is 1. The van der Waals surface area contributed by atoms with Crippen LogP contribution in [0.15, 0.2) is 36.7 Å². The number of nitrogen functional groups attached to an aromatic ring is 1. The maximum absolute atomic E-state index is 9.09. The first-order chi connectivity index (χ1) is 6.75. The van der Waals surface area contributed by atoms with Crippen molar-refractivity contribution in [3.63, 3.8) is 0 Å². The van der Waals surface area contributed by atoms with Crippen LogP contribution in [0.5, 0.6) is 5.75 Å². The van der Waals surface area contributed by atoms with Gasteiger partial charge in [-0.3, -0.25) is 0 Å². The van der Waals surface area contributed by atoms with Crippen molar-refractivity contribution in [2.75, 3.05) is 5.73 Å². The largest absolute Gasteiger partial charge is 0.508 e. The van der Waals surface area contributed by atoms with Gasteiger partial charge in [-0.15, -0.1) is 0 Å². The molecular formula is C10H9N3O. The van der Waals surface area contributed by atoms with E-state index in [2.05, 4.69) is 9.97 Å². The molecule has 0 radical (unpaired) electrons. The number of aromatic hydroxyl groups is 1. The summed E-state index contributed by atoms with van der Waals surface area (Å²) in [7, 11) is 0. The molecule has 4 nitrogen and oxygen atoms in total. The van der Waals surface area contributed by atoms with E-state index in [0.717, 1.165) is 5.56 Å². The summed E-state index contributed by atoms with van der Waals surface area (Å²) < 4.78 is 0. The van der Waals surface area contributed by atoms with Gasteiger partial charge in [-0.2, -0.15) is 0 Å². The Labute approximate surface area is 81.1 Å². The molecule has 0 bridgehead atoms. The van der Waals surface area contributed by atoms with Gasteiger partial charge in [-0.25, -0.2) is 9.97 Å². The monoisotopic (exact) mass is 187 g/mol. The highest BCUT2D eigenvalue weighted by Gasteiger charge is 1.99. The molecule has 0 unspecified atom stereocenters. The zero-order valence-corrected chi connectivity index (χ0v) is 7.38. The molecule has 0 saturated heterocycles. The van der Waals surface area contributed by atoms with E-state index in [9.17, 15) is 0 Å². The molecule has 0 saturated carbocycles. The second-order valence-electron chi connectivity index (χ2n) is 2.89. The van der Waals surface area contributed by atoms with Gasteiger partial charge in [0.25, 0.3) is 0 Å². The molecule has 0 aliphatic rings. The second-order valence-corrected chi connectivity index (χ2v) is 2.89. The van der Waals surface area contributed by atoms with Crippen molar-refractivity contribution in [3.05, 3.63) is 36.7 Å². The molecule has 0 amide bonds. The fourth-order valence-electron chi connectivity index (χ4n) is 1.10. The molecule has 2 rings (SSSR count). The van der Waals surface area contributed by atoms with Crippen LogP contribution >= 0.6 is 0 Å². The van der Waals surface area contributed by atoms with Gasteiger partial charge in [0, 0.05) is 5.56 Å². The summed E-state index contributed by atoms with van der Waals surface area (Å²) in [6, 6.07) is 6.69. The third-order valence-corrected chi connectivity index (χ3v) is 1.80. The average Bonchev–Trinajstić information content (AvgIpc) is 2.21. The normalized spacial score (nSPS) is 10.0. The maximum atomic E-state index is 9.09. The van der Waals surface area contributed by atoms with Gasteiger partial charge in [0.05, 0.1) is 18.1 Å². The number of phenols is 1. The Bertz CT molecular complexity index is 379. The predicted octanol–water partition coefficient (Wildman–Crippen LogP) is 1.43. The zero-order valence-electron chi connectivity index (χ0n) is 7.38. The lowest BCUT2D eigenvalue weighted by Gasteiger charge is -1.99. The average molecular weight is 187 g/mol.